The molecule has 1 atom stereocenters. The van der Waals surface area contributed by atoms with Crippen LogP contribution in [-0.4, -0.2) is 19.3 Å². The van der Waals surface area contributed by atoms with Crippen molar-refractivity contribution in [2.75, 3.05) is 5.73 Å². The Bertz CT molecular complexity index is 535. The number of hydrogen-bond acceptors (Lipinski definition) is 3. The van der Waals surface area contributed by atoms with Gasteiger partial charge in [0.05, 0.1) is 5.69 Å². The van der Waals surface area contributed by atoms with Crippen molar-refractivity contribution >= 4 is 17.1 Å². The number of rotatable bonds is 3. The number of anilines is 1. The molecule has 2 heterocycles. The molecule has 0 spiro atoms. The minimum Gasteiger partial charge on any atom is -0.369 e. The van der Waals surface area contributed by atoms with Gasteiger partial charge in [-0.15, -0.1) is 0 Å². The molecule has 5 heteroatoms. The van der Waals surface area contributed by atoms with Gasteiger partial charge in [-0.3, -0.25) is 9.25 Å². The zero-order valence-corrected chi connectivity index (χ0v) is 11.2. The molecule has 0 aliphatic heterocycles. The molecule has 0 amide bonds. The Morgan fingerprint density at radius 3 is 2.47 bits per heavy atom. The lowest BCUT2D eigenvalue weighted by Crippen LogP contribution is -2.15. The van der Waals surface area contributed by atoms with Crippen LogP contribution in [0.2, 0.25) is 0 Å². The van der Waals surface area contributed by atoms with E-state index in [1.807, 2.05) is 11.7 Å². The SMILES string of the molecule is CCc1nn(C)c2c1nc(N)n2C(C)C(C)C. The maximum atomic E-state index is 6.04. The van der Waals surface area contributed by atoms with Crippen molar-refractivity contribution in [2.45, 2.75) is 40.2 Å². The average Bonchev–Trinajstić information content (AvgIpc) is 2.75. The normalized spacial score (nSPS) is 13.8. The van der Waals surface area contributed by atoms with Crippen LogP contribution in [0.4, 0.5) is 5.95 Å². The molecule has 17 heavy (non-hydrogen) atoms. The molecule has 1 unspecified atom stereocenters. The van der Waals surface area contributed by atoms with Crippen LogP contribution in [-0.2, 0) is 13.5 Å². The molecule has 2 N–H and O–H groups in total. The fourth-order valence-corrected chi connectivity index (χ4v) is 2.16. The minimum absolute atomic E-state index is 0.320. The summed E-state index contributed by atoms with van der Waals surface area (Å²) in [5, 5.41) is 4.49. The molecular formula is C12H21N5. The zero-order chi connectivity index (χ0) is 12.7. The molecule has 0 saturated carbocycles. The minimum atomic E-state index is 0.320. The molecule has 0 radical (unpaired) electrons. The van der Waals surface area contributed by atoms with Gasteiger partial charge in [0.1, 0.15) is 5.52 Å². The lowest BCUT2D eigenvalue weighted by atomic mass is 10.1. The summed E-state index contributed by atoms with van der Waals surface area (Å²) in [7, 11) is 1.95. The van der Waals surface area contributed by atoms with Crippen molar-refractivity contribution < 1.29 is 0 Å². The van der Waals surface area contributed by atoms with Crippen LogP contribution in [0, 0.1) is 5.92 Å². The Morgan fingerprint density at radius 2 is 1.94 bits per heavy atom. The molecular weight excluding hydrogens is 214 g/mol. The first-order chi connectivity index (χ1) is 7.97. The van der Waals surface area contributed by atoms with Crippen molar-refractivity contribution in [3.8, 4) is 0 Å². The van der Waals surface area contributed by atoms with Gasteiger partial charge in [0.2, 0.25) is 5.95 Å². The van der Waals surface area contributed by atoms with Crippen molar-refractivity contribution in [1.82, 2.24) is 19.3 Å². The van der Waals surface area contributed by atoms with Gasteiger partial charge in [0.15, 0.2) is 5.65 Å². The second-order valence-electron chi connectivity index (χ2n) is 4.92. The van der Waals surface area contributed by atoms with E-state index < -0.39 is 0 Å². The van der Waals surface area contributed by atoms with Gasteiger partial charge in [-0.2, -0.15) is 5.10 Å². The molecule has 0 bridgehead atoms. The van der Waals surface area contributed by atoms with Crippen LogP contribution >= 0.6 is 0 Å². The molecule has 0 fully saturated rings. The number of nitrogens with zero attached hydrogens (tertiary/aromatic N) is 4. The summed E-state index contributed by atoms with van der Waals surface area (Å²) in [6.07, 6.45) is 0.879. The number of nitrogen functional groups attached to an aromatic ring is 1. The number of fused-ring (bicyclic) bond motifs is 1. The highest BCUT2D eigenvalue weighted by Gasteiger charge is 2.21. The summed E-state index contributed by atoms with van der Waals surface area (Å²) in [5.41, 5.74) is 9.03. The molecule has 2 aromatic heterocycles. The monoisotopic (exact) mass is 235 g/mol. The third-order valence-corrected chi connectivity index (χ3v) is 3.47. The molecule has 2 rings (SSSR count). The van der Waals surface area contributed by atoms with Crippen molar-refractivity contribution in [2.24, 2.45) is 13.0 Å². The van der Waals surface area contributed by atoms with E-state index in [0.29, 0.717) is 17.9 Å². The van der Waals surface area contributed by atoms with Gasteiger partial charge in [0, 0.05) is 13.1 Å². The lowest BCUT2D eigenvalue weighted by Gasteiger charge is -2.19. The highest BCUT2D eigenvalue weighted by Crippen LogP contribution is 2.28. The average molecular weight is 235 g/mol. The molecule has 2 aromatic rings. The van der Waals surface area contributed by atoms with Gasteiger partial charge in [-0.05, 0) is 19.3 Å². The van der Waals surface area contributed by atoms with E-state index in [1.54, 1.807) is 0 Å². The predicted octanol–water partition coefficient (Wildman–Crippen LogP) is 2.13. The lowest BCUT2D eigenvalue weighted by molar-refractivity contribution is 0.416. The topological polar surface area (TPSA) is 61.7 Å². The molecule has 5 nitrogen and oxygen atoms in total. The summed E-state index contributed by atoms with van der Waals surface area (Å²) in [6, 6.07) is 0.320. The second kappa shape index (κ2) is 4.05. The van der Waals surface area contributed by atoms with Gasteiger partial charge in [-0.1, -0.05) is 20.8 Å². The van der Waals surface area contributed by atoms with E-state index in [4.69, 9.17) is 5.73 Å². The summed E-state index contributed by atoms with van der Waals surface area (Å²) >= 11 is 0. The standard InChI is InChI=1S/C12H21N5/c1-6-9-10-11(16(5)15-9)17(12(13)14-10)8(4)7(2)3/h7-8H,6H2,1-5H3,(H2,13,14). The third-order valence-electron chi connectivity index (χ3n) is 3.47. The number of aryl methyl sites for hydroxylation is 2. The fraction of sp³-hybridized carbons (Fsp3) is 0.667. The zero-order valence-electron chi connectivity index (χ0n) is 11.2. The molecule has 0 aliphatic carbocycles. The van der Waals surface area contributed by atoms with Crippen LogP contribution in [0.3, 0.4) is 0 Å². The number of imidazole rings is 1. The second-order valence-corrected chi connectivity index (χ2v) is 4.92. The quantitative estimate of drug-likeness (QED) is 0.886. The third kappa shape index (κ3) is 1.69. The summed E-state index contributed by atoms with van der Waals surface area (Å²) in [5.74, 6) is 1.10. The van der Waals surface area contributed by atoms with Gasteiger partial charge in [-0.25, -0.2) is 4.98 Å². The summed E-state index contributed by atoms with van der Waals surface area (Å²) in [4.78, 5) is 4.47. The number of nitrogens with two attached hydrogens (primary N) is 1. The Kier molecular flexibility index (Phi) is 2.85. The first kappa shape index (κ1) is 12.0. The molecule has 0 aliphatic rings. The van der Waals surface area contributed by atoms with E-state index >= 15 is 0 Å². The number of hydrogen-bond donors (Lipinski definition) is 1. The summed E-state index contributed by atoms with van der Waals surface area (Å²) in [6.45, 7) is 8.63. The Morgan fingerprint density at radius 1 is 1.29 bits per heavy atom. The van der Waals surface area contributed by atoms with Crippen molar-refractivity contribution in [3.63, 3.8) is 0 Å². The fourth-order valence-electron chi connectivity index (χ4n) is 2.16. The Labute approximate surface area is 102 Å². The molecule has 0 saturated heterocycles. The Balaban J connectivity index is 2.70. The first-order valence-corrected chi connectivity index (χ1v) is 6.16. The first-order valence-electron chi connectivity index (χ1n) is 6.16. The van der Waals surface area contributed by atoms with Gasteiger partial charge >= 0.3 is 0 Å². The highest BCUT2D eigenvalue weighted by atomic mass is 15.4. The van der Waals surface area contributed by atoms with Crippen LogP contribution in [0.15, 0.2) is 0 Å². The Hall–Kier alpha value is -1.52. The van der Waals surface area contributed by atoms with E-state index in [2.05, 4.69) is 42.3 Å². The highest BCUT2D eigenvalue weighted by molar-refractivity contribution is 5.78. The van der Waals surface area contributed by atoms with Crippen LogP contribution < -0.4 is 5.73 Å². The largest absolute Gasteiger partial charge is 0.369 e. The molecule has 94 valence electrons. The maximum absolute atomic E-state index is 6.04. The number of aromatic nitrogens is 4. The summed E-state index contributed by atoms with van der Waals surface area (Å²) < 4.78 is 3.97. The van der Waals surface area contributed by atoms with E-state index in [1.165, 1.54) is 0 Å². The molecule has 0 aromatic carbocycles. The van der Waals surface area contributed by atoms with Crippen molar-refractivity contribution in [1.29, 1.82) is 0 Å². The van der Waals surface area contributed by atoms with Crippen LogP contribution in [0.1, 0.15) is 39.4 Å². The van der Waals surface area contributed by atoms with Crippen LogP contribution in [0.5, 0.6) is 0 Å². The smallest absolute Gasteiger partial charge is 0.202 e. The van der Waals surface area contributed by atoms with Crippen LogP contribution in [0.25, 0.3) is 11.2 Å². The van der Waals surface area contributed by atoms with E-state index in [9.17, 15) is 0 Å². The van der Waals surface area contributed by atoms with Crippen molar-refractivity contribution in [3.05, 3.63) is 5.69 Å². The van der Waals surface area contributed by atoms with E-state index in [-0.39, 0.29) is 0 Å². The van der Waals surface area contributed by atoms with E-state index in [0.717, 1.165) is 23.3 Å². The maximum Gasteiger partial charge on any atom is 0.202 e. The van der Waals surface area contributed by atoms with Gasteiger partial charge in [0.25, 0.3) is 0 Å². The predicted molar refractivity (Wildman–Crippen MR) is 69.8 cm³/mol. The van der Waals surface area contributed by atoms with Gasteiger partial charge < -0.3 is 5.73 Å².